The number of rotatable bonds is 3. The largest absolute Gasteiger partial charge is 0.388 e. The minimum absolute atomic E-state index is 0.126. The van der Waals surface area contributed by atoms with Crippen LogP contribution in [-0.2, 0) is 12.8 Å². The Morgan fingerprint density at radius 3 is 1.62 bits per heavy atom. The Hall–Kier alpha value is -2.04. The first-order chi connectivity index (χ1) is 12.5. The van der Waals surface area contributed by atoms with Crippen molar-refractivity contribution in [2.24, 2.45) is 0 Å². The maximum atomic E-state index is 10.9. The van der Waals surface area contributed by atoms with Gasteiger partial charge in [0.05, 0.1) is 12.1 Å². The van der Waals surface area contributed by atoms with Gasteiger partial charge in [-0.25, -0.2) is 0 Å². The van der Waals surface area contributed by atoms with Gasteiger partial charge in [-0.05, 0) is 61.8 Å². The molecule has 0 aromatic heterocycles. The number of aliphatic hydroxyl groups excluding tert-OH is 2. The molecule has 0 amide bonds. The molecule has 4 N–H and O–H groups in total. The molecule has 0 fully saturated rings. The Morgan fingerprint density at radius 1 is 0.769 bits per heavy atom. The Bertz CT molecular complexity index is 737. The SMILES string of the molecule is Cc1cccc2c1NC(C(O)C(O)C1CCc3cccc(C)c3N1)CC2. The fourth-order valence-electron chi connectivity index (χ4n) is 4.41. The van der Waals surface area contributed by atoms with E-state index in [1.807, 2.05) is 0 Å². The molecule has 4 nitrogen and oxygen atoms in total. The molecule has 0 aliphatic carbocycles. The fraction of sp³-hybridized carbons (Fsp3) is 0.455. The summed E-state index contributed by atoms with van der Waals surface area (Å²) in [6.07, 6.45) is 1.92. The molecular formula is C22H28N2O2. The second kappa shape index (κ2) is 6.93. The summed E-state index contributed by atoms with van der Waals surface area (Å²) in [6.45, 7) is 4.17. The number of nitrogens with one attached hydrogen (secondary N) is 2. The van der Waals surface area contributed by atoms with E-state index in [0.29, 0.717) is 0 Å². The smallest absolute Gasteiger partial charge is 0.102 e. The van der Waals surface area contributed by atoms with Gasteiger partial charge in [0.15, 0.2) is 0 Å². The van der Waals surface area contributed by atoms with Crippen molar-refractivity contribution in [3.63, 3.8) is 0 Å². The first-order valence-corrected chi connectivity index (χ1v) is 9.61. The lowest BCUT2D eigenvalue weighted by atomic mass is 9.86. The first-order valence-electron chi connectivity index (χ1n) is 9.61. The molecular weight excluding hydrogens is 324 g/mol. The Kier molecular flexibility index (Phi) is 4.63. The van der Waals surface area contributed by atoms with Crippen LogP contribution in [0.5, 0.6) is 0 Å². The highest BCUT2D eigenvalue weighted by Gasteiger charge is 2.35. The lowest BCUT2D eigenvalue weighted by Gasteiger charge is -2.38. The summed E-state index contributed by atoms with van der Waals surface area (Å²) < 4.78 is 0. The van der Waals surface area contributed by atoms with Crippen molar-refractivity contribution in [2.45, 2.75) is 63.8 Å². The van der Waals surface area contributed by atoms with E-state index in [0.717, 1.165) is 37.1 Å². The van der Waals surface area contributed by atoms with E-state index in [-0.39, 0.29) is 12.1 Å². The van der Waals surface area contributed by atoms with Crippen LogP contribution in [-0.4, -0.2) is 34.5 Å². The van der Waals surface area contributed by atoms with Crippen LogP contribution in [0.3, 0.4) is 0 Å². The van der Waals surface area contributed by atoms with Crippen molar-refractivity contribution >= 4 is 11.4 Å². The molecule has 0 radical (unpaired) electrons. The highest BCUT2D eigenvalue weighted by molar-refractivity contribution is 5.61. The van der Waals surface area contributed by atoms with Crippen LogP contribution >= 0.6 is 0 Å². The topological polar surface area (TPSA) is 64.5 Å². The number of fused-ring (bicyclic) bond motifs is 2. The van der Waals surface area contributed by atoms with E-state index in [1.54, 1.807) is 0 Å². The molecule has 2 aliphatic rings. The highest BCUT2D eigenvalue weighted by atomic mass is 16.3. The first kappa shape index (κ1) is 17.4. The molecule has 4 heteroatoms. The quantitative estimate of drug-likeness (QED) is 0.685. The zero-order chi connectivity index (χ0) is 18.3. The van der Waals surface area contributed by atoms with E-state index in [9.17, 15) is 10.2 Å². The van der Waals surface area contributed by atoms with E-state index >= 15 is 0 Å². The summed E-state index contributed by atoms with van der Waals surface area (Å²) in [6, 6.07) is 12.3. The number of para-hydroxylation sites is 2. The number of anilines is 2. The van der Waals surface area contributed by atoms with Crippen molar-refractivity contribution < 1.29 is 10.2 Å². The van der Waals surface area contributed by atoms with Gasteiger partial charge in [-0.1, -0.05) is 36.4 Å². The maximum absolute atomic E-state index is 10.9. The van der Waals surface area contributed by atoms with Crippen molar-refractivity contribution in [3.8, 4) is 0 Å². The Labute approximate surface area is 155 Å². The van der Waals surface area contributed by atoms with Gasteiger partial charge in [-0.2, -0.15) is 0 Å². The summed E-state index contributed by atoms with van der Waals surface area (Å²) >= 11 is 0. The van der Waals surface area contributed by atoms with Gasteiger partial charge in [-0.15, -0.1) is 0 Å². The van der Waals surface area contributed by atoms with Gasteiger partial charge in [0.2, 0.25) is 0 Å². The van der Waals surface area contributed by atoms with Gasteiger partial charge in [-0.3, -0.25) is 0 Å². The van der Waals surface area contributed by atoms with Crippen molar-refractivity contribution in [1.82, 2.24) is 0 Å². The van der Waals surface area contributed by atoms with Crippen LogP contribution in [0.2, 0.25) is 0 Å². The predicted molar refractivity (Wildman–Crippen MR) is 106 cm³/mol. The molecule has 26 heavy (non-hydrogen) atoms. The standard InChI is InChI=1S/C22H28N2O2/c1-13-5-3-7-15-9-11-17(23-19(13)15)21(25)22(26)18-12-10-16-8-4-6-14(2)20(16)24-18/h3-8,17-18,21-26H,9-12H2,1-2H3. The van der Waals surface area contributed by atoms with Crippen LogP contribution in [0.1, 0.15) is 35.1 Å². The second-order valence-corrected chi connectivity index (χ2v) is 7.78. The van der Waals surface area contributed by atoms with E-state index < -0.39 is 12.2 Å². The van der Waals surface area contributed by atoms with Gasteiger partial charge < -0.3 is 20.8 Å². The summed E-state index contributed by atoms with van der Waals surface area (Å²) in [5.41, 5.74) is 7.20. The zero-order valence-corrected chi connectivity index (χ0v) is 15.5. The lowest BCUT2D eigenvalue weighted by Crippen LogP contribution is -2.51. The number of hydrogen-bond acceptors (Lipinski definition) is 4. The summed E-state index contributed by atoms with van der Waals surface area (Å²) in [7, 11) is 0. The highest BCUT2D eigenvalue weighted by Crippen LogP contribution is 2.33. The average Bonchev–Trinajstić information content (AvgIpc) is 2.67. The van der Waals surface area contributed by atoms with Crippen molar-refractivity contribution in [2.75, 3.05) is 10.6 Å². The van der Waals surface area contributed by atoms with Crippen molar-refractivity contribution in [3.05, 3.63) is 58.7 Å². The van der Waals surface area contributed by atoms with Crippen LogP contribution in [0.15, 0.2) is 36.4 Å². The third-order valence-corrected chi connectivity index (χ3v) is 6.00. The molecule has 4 rings (SSSR count). The van der Waals surface area contributed by atoms with Crippen molar-refractivity contribution in [1.29, 1.82) is 0 Å². The number of aliphatic hydroxyl groups is 2. The molecule has 0 spiro atoms. The predicted octanol–water partition coefficient (Wildman–Crippen LogP) is 3.18. The monoisotopic (exact) mass is 352 g/mol. The summed E-state index contributed by atoms with van der Waals surface area (Å²) in [5, 5.41) is 28.7. The molecule has 0 saturated carbocycles. The minimum Gasteiger partial charge on any atom is -0.388 e. The molecule has 4 unspecified atom stereocenters. The third kappa shape index (κ3) is 3.08. The molecule has 0 bridgehead atoms. The molecule has 2 heterocycles. The second-order valence-electron chi connectivity index (χ2n) is 7.78. The molecule has 4 atom stereocenters. The summed E-state index contributed by atoms with van der Waals surface area (Å²) in [5.74, 6) is 0. The molecule has 0 saturated heterocycles. The van der Waals surface area contributed by atoms with E-state index in [1.165, 1.54) is 22.3 Å². The minimum atomic E-state index is -0.800. The van der Waals surface area contributed by atoms with Gasteiger partial charge in [0.25, 0.3) is 0 Å². The molecule has 2 aromatic rings. The van der Waals surface area contributed by atoms with E-state index in [2.05, 4.69) is 60.9 Å². The normalized spacial score (nSPS) is 23.8. The summed E-state index contributed by atoms with van der Waals surface area (Å²) in [4.78, 5) is 0. The van der Waals surface area contributed by atoms with Gasteiger partial charge >= 0.3 is 0 Å². The number of benzene rings is 2. The number of aryl methyl sites for hydroxylation is 4. The van der Waals surface area contributed by atoms with Crippen LogP contribution < -0.4 is 10.6 Å². The van der Waals surface area contributed by atoms with Crippen LogP contribution in [0.4, 0.5) is 11.4 Å². The van der Waals surface area contributed by atoms with Crippen LogP contribution in [0.25, 0.3) is 0 Å². The van der Waals surface area contributed by atoms with Gasteiger partial charge in [0, 0.05) is 11.4 Å². The van der Waals surface area contributed by atoms with Gasteiger partial charge in [0.1, 0.15) is 12.2 Å². The lowest BCUT2D eigenvalue weighted by molar-refractivity contribution is -0.00611. The Balaban J connectivity index is 1.48. The van der Waals surface area contributed by atoms with E-state index in [4.69, 9.17) is 0 Å². The fourth-order valence-corrected chi connectivity index (χ4v) is 4.41. The third-order valence-electron chi connectivity index (χ3n) is 6.00. The Morgan fingerprint density at radius 2 is 1.19 bits per heavy atom. The molecule has 2 aromatic carbocycles. The number of hydrogen-bond donors (Lipinski definition) is 4. The molecule has 2 aliphatic heterocycles. The average molecular weight is 352 g/mol. The maximum Gasteiger partial charge on any atom is 0.102 e. The molecule has 138 valence electrons. The zero-order valence-electron chi connectivity index (χ0n) is 15.5. The van der Waals surface area contributed by atoms with Crippen LogP contribution in [0, 0.1) is 13.8 Å².